The van der Waals surface area contributed by atoms with Crippen LogP contribution >= 0.6 is 11.6 Å². The van der Waals surface area contributed by atoms with Crippen molar-refractivity contribution in [1.82, 2.24) is 0 Å². The van der Waals surface area contributed by atoms with Gasteiger partial charge in [0.1, 0.15) is 0 Å². The summed E-state index contributed by atoms with van der Waals surface area (Å²) in [5.74, 6) is -0.960. The molecule has 0 aliphatic rings. The number of benzene rings is 1. The van der Waals surface area contributed by atoms with Crippen molar-refractivity contribution in [3.63, 3.8) is 0 Å². The maximum absolute atomic E-state index is 10.5. The molecule has 1 atom stereocenters. The van der Waals surface area contributed by atoms with E-state index in [1.165, 1.54) is 0 Å². The van der Waals surface area contributed by atoms with Crippen LogP contribution in [0.25, 0.3) is 10.4 Å². The molecule has 5 nitrogen and oxygen atoms in total. The van der Waals surface area contributed by atoms with Gasteiger partial charge >= 0.3 is 5.97 Å². The van der Waals surface area contributed by atoms with Crippen LogP contribution in [0.4, 0.5) is 0 Å². The molecule has 1 rings (SSSR count). The zero-order valence-electron chi connectivity index (χ0n) is 9.08. The highest BCUT2D eigenvalue weighted by Crippen LogP contribution is 2.14. The molecule has 6 heteroatoms. The molecule has 0 aromatic heterocycles. The lowest BCUT2D eigenvalue weighted by Gasteiger charge is -2.08. The third kappa shape index (κ3) is 5.24. The Balaban J connectivity index is 2.54. The number of halogens is 1. The van der Waals surface area contributed by atoms with Gasteiger partial charge in [0, 0.05) is 16.0 Å². The lowest BCUT2D eigenvalue weighted by Crippen LogP contribution is -2.11. The second kappa shape index (κ2) is 6.78. The van der Waals surface area contributed by atoms with Crippen LogP contribution in [0.1, 0.15) is 18.4 Å². The Kier molecular flexibility index (Phi) is 5.33. The maximum atomic E-state index is 10.5. The van der Waals surface area contributed by atoms with E-state index in [1.807, 2.05) is 12.1 Å². The maximum Gasteiger partial charge on any atom is 0.303 e. The molecule has 0 bridgehead atoms. The molecule has 17 heavy (non-hydrogen) atoms. The Labute approximate surface area is 104 Å². The number of carboxylic acids is 1. The molecular formula is C11H12ClN3O2. The molecule has 0 saturated carbocycles. The molecule has 0 amide bonds. The minimum atomic E-state index is -0.960. The van der Waals surface area contributed by atoms with Gasteiger partial charge in [0.2, 0.25) is 0 Å². The van der Waals surface area contributed by atoms with Gasteiger partial charge in [-0.1, -0.05) is 28.8 Å². The molecule has 1 aromatic rings. The van der Waals surface area contributed by atoms with E-state index in [9.17, 15) is 4.79 Å². The molecule has 0 saturated heterocycles. The van der Waals surface area contributed by atoms with Gasteiger partial charge in [0.25, 0.3) is 0 Å². The van der Waals surface area contributed by atoms with E-state index in [0.29, 0.717) is 17.9 Å². The number of aryl methyl sites for hydroxylation is 1. The number of carboxylic acid groups (broad SMARTS) is 1. The van der Waals surface area contributed by atoms with E-state index in [1.54, 1.807) is 12.1 Å². The SMILES string of the molecule is [N-]=[N+]=NC(CCc1ccc(Cl)cc1)CC(=O)O. The number of carbonyl (C=O) groups is 1. The number of hydrogen-bond donors (Lipinski definition) is 1. The quantitative estimate of drug-likeness (QED) is 0.478. The first-order valence-electron chi connectivity index (χ1n) is 5.12. The topological polar surface area (TPSA) is 86.1 Å². The van der Waals surface area contributed by atoms with E-state index in [-0.39, 0.29) is 6.42 Å². The van der Waals surface area contributed by atoms with Crippen molar-refractivity contribution in [3.8, 4) is 0 Å². The van der Waals surface area contributed by atoms with Crippen LogP contribution in [0.15, 0.2) is 29.4 Å². The predicted octanol–water partition coefficient (Wildman–Crippen LogP) is 3.43. The first kappa shape index (κ1) is 13.4. The standard InChI is InChI=1S/C11H12ClN3O2/c12-9-4-1-8(2-5-9)3-6-10(14-15-13)7-11(16)17/h1-2,4-5,10H,3,6-7H2,(H,16,17). The van der Waals surface area contributed by atoms with Gasteiger partial charge in [-0.15, -0.1) is 0 Å². The minimum absolute atomic E-state index is 0.141. The molecule has 0 heterocycles. The average molecular weight is 254 g/mol. The Morgan fingerprint density at radius 2 is 2.12 bits per heavy atom. The largest absolute Gasteiger partial charge is 0.481 e. The van der Waals surface area contributed by atoms with Crippen molar-refractivity contribution in [2.45, 2.75) is 25.3 Å². The van der Waals surface area contributed by atoms with Crippen LogP contribution in [0.2, 0.25) is 5.02 Å². The summed E-state index contributed by atoms with van der Waals surface area (Å²) in [7, 11) is 0. The molecular weight excluding hydrogens is 242 g/mol. The fraction of sp³-hybridized carbons (Fsp3) is 0.364. The van der Waals surface area contributed by atoms with Gasteiger partial charge in [0.05, 0.1) is 6.42 Å². The fourth-order valence-electron chi connectivity index (χ4n) is 1.46. The highest BCUT2D eigenvalue weighted by molar-refractivity contribution is 6.30. The number of hydrogen-bond acceptors (Lipinski definition) is 2. The normalized spacial score (nSPS) is 11.6. The van der Waals surface area contributed by atoms with Gasteiger partial charge in [-0.05, 0) is 36.1 Å². The van der Waals surface area contributed by atoms with Crippen LogP contribution in [0, 0.1) is 0 Å². The Morgan fingerprint density at radius 1 is 1.47 bits per heavy atom. The van der Waals surface area contributed by atoms with Crippen LogP contribution in [0.3, 0.4) is 0 Å². The minimum Gasteiger partial charge on any atom is -0.481 e. The Morgan fingerprint density at radius 3 is 2.65 bits per heavy atom. The Bertz CT molecular complexity index is 427. The van der Waals surface area contributed by atoms with E-state index in [0.717, 1.165) is 5.56 Å². The smallest absolute Gasteiger partial charge is 0.303 e. The summed E-state index contributed by atoms with van der Waals surface area (Å²) in [6.45, 7) is 0. The van der Waals surface area contributed by atoms with Gasteiger partial charge in [0.15, 0.2) is 0 Å². The van der Waals surface area contributed by atoms with Crippen LogP contribution in [-0.2, 0) is 11.2 Å². The summed E-state index contributed by atoms with van der Waals surface area (Å²) in [6, 6.07) is 6.79. The lowest BCUT2D eigenvalue weighted by molar-refractivity contribution is -0.137. The summed E-state index contributed by atoms with van der Waals surface area (Å²) in [5.41, 5.74) is 9.37. The number of rotatable bonds is 6. The Hall–Kier alpha value is -1.71. The van der Waals surface area contributed by atoms with Gasteiger partial charge in [-0.2, -0.15) is 0 Å². The van der Waals surface area contributed by atoms with Crippen molar-refractivity contribution in [3.05, 3.63) is 45.3 Å². The average Bonchev–Trinajstić information content (AvgIpc) is 2.27. The number of nitrogens with zero attached hydrogens (tertiary/aromatic N) is 3. The zero-order chi connectivity index (χ0) is 12.7. The van der Waals surface area contributed by atoms with Crippen molar-refractivity contribution < 1.29 is 9.90 Å². The molecule has 1 unspecified atom stereocenters. The molecule has 90 valence electrons. The molecule has 1 N–H and O–H groups in total. The highest BCUT2D eigenvalue weighted by Gasteiger charge is 2.11. The summed E-state index contributed by atoms with van der Waals surface area (Å²) >= 11 is 5.75. The third-order valence-corrected chi connectivity index (χ3v) is 2.56. The molecule has 0 spiro atoms. The van der Waals surface area contributed by atoms with Crippen molar-refractivity contribution in [2.75, 3.05) is 0 Å². The van der Waals surface area contributed by atoms with E-state index < -0.39 is 12.0 Å². The van der Waals surface area contributed by atoms with Crippen molar-refractivity contribution in [2.24, 2.45) is 5.11 Å². The summed E-state index contributed by atoms with van der Waals surface area (Å²) in [6.07, 6.45) is 1.03. The van der Waals surface area contributed by atoms with Crippen molar-refractivity contribution in [1.29, 1.82) is 0 Å². The molecule has 1 aromatic carbocycles. The molecule has 0 radical (unpaired) electrons. The first-order valence-corrected chi connectivity index (χ1v) is 5.50. The third-order valence-electron chi connectivity index (χ3n) is 2.30. The molecule has 0 fully saturated rings. The van der Waals surface area contributed by atoms with Crippen LogP contribution in [0.5, 0.6) is 0 Å². The monoisotopic (exact) mass is 253 g/mol. The fourth-order valence-corrected chi connectivity index (χ4v) is 1.59. The van der Waals surface area contributed by atoms with Crippen molar-refractivity contribution >= 4 is 17.6 Å². The predicted molar refractivity (Wildman–Crippen MR) is 65.0 cm³/mol. The van der Waals surface area contributed by atoms with Gasteiger partial charge in [-0.3, -0.25) is 4.79 Å². The second-order valence-electron chi connectivity index (χ2n) is 3.62. The number of aliphatic carboxylic acids is 1. The van der Waals surface area contributed by atoms with Gasteiger partial charge < -0.3 is 5.11 Å². The molecule has 0 aliphatic heterocycles. The second-order valence-corrected chi connectivity index (χ2v) is 4.06. The highest BCUT2D eigenvalue weighted by atomic mass is 35.5. The van der Waals surface area contributed by atoms with Crippen LogP contribution in [-0.4, -0.2) is 17.1 Å². The molecule has 0 aliphatic carbocycles. The zero-order valence-corrected chi connectivity index (χ0v) is 9.84. The van der Waals surface area contributed by atoms with E-state index >= 15 is 0 Å². The summed E-state index contributed by atoms with van der Waals surface area (Å²) in [4.78, 5) is 13.2. The number of azide groups is 1. The van der Waals surface area contributed by atoms with Gasteiger partial charge in [-0.25, -0.2) is 0 Å². The lowest BCUT2D eigenvalue weighted by atomic mass is 10.0. The van der Waals surface area contributed by atoms with E-state index in [4.69, 9.17) is 22.2 Å². The summed E-state index contributed by atoms with van der Waals surface area (Å²) in [5, 5.41) is 12.8. The first-order chi connectivity index (χ1) is 8.11. The van der Waals surface area contributed by atoms with E-state index in [2.05, 4.69) is 10.0 Å². The van der Waals surface area contributed by atoms with Crippen LogP contribution < -0.4 is 0 Å². The summed E-state index contributed by atoms with van der Waals surface area (Å²) < 4.78 is 0.